The van der Waals surface area contributed by atoms with Crippen LogP contribution in [0, 0.1) is 0 Å². The van der Waals surface area contributed by atoms with Gasteiger partial charge in [-0.05, 0) is 37.6 Å². The number of hydrogen-bond acceptors (Lipinski definition) is 5. The summed E-state index contributed by atoms with van der Waals surface area (Å²) in [7, 11) is 0. The molecule has 0 aliphatic heterocycles. The van der Waals surface area contributed by atoms with E-state index in [1.54, 1.807) is 0 Å². The van der Waals surface area contributed by atoms with Gasteiger partial charge in [0.1, 0.15) is 5.65 Å². The van der Waals surface area contributed by atoms with Crippen LogP contribution in [0.1, 0.15) is 56.7 Å². The van der Waals surface area contributed by atoms with Crippen molar-refractivity contribution in [1.82, 2.24) is 19.4 Å². The molecule has 4 rings (SSSR count). The molecule has 1 aliphatic rings. The highest BCUT2D eigenvalue weighted by molar-refractivity contribution is 5.76. The van der Waals surface area contributed by atoms with E-state index >= 15 is 0 Å². The van der Waals surface area contributed by atoms with Crippen LogP contribution in [0.15, 0.2) is 47.4 Å². The average molecular weight is 420 g/mol. The van der Waals surface area contributed by atoms with Gasteiger partial charge >= 0.3 is 0 Å². The van der Waals surface area contributed by atoms with Crippen molar-refractivity contribution in [2.24, 2.45) is 0 Å². The number of anilines is 1. The van der Waals surface area contributed by atoms with Crippen LogP contribution >= 0.6 is 0 Å². The summed E-state index contributed by atoms with van der Waals surface area (Å²) in [5, 5.41) is 4.29. The molecule has 1 aromatic carbocycles. The van der Waals surface area contributed by atoms with E-state index in [4.69, 9.17) is 4.98 Å². The van der Waals surface area contributed by atoms with Crippen LogP contribution in [0.4, 0.5) is 5.95 Å². The Balaban J connectivity index is 1.68. The average Bonchev–Trinajstić information content (AvgIpc) is 3.32. The molecule has 6 heteroatoms. The number of pyridine rings is 1. The number of hydrogen-bond donors (Lipinski definition) is 1. The van der Waals surface area contributed by atoms with Crippen LogP contribution in [0.3, 0.4) is 0 Å². The van der Waals surface area contributed by atoms with Crippen LogP contribution in [0.5, 0.6) is 0 Å². The summed E-state index contributed by atoms with van der Waals surface area (Å²) < 4.78 is 1.96. The Morgan fingerprint density at radius 2 is 1.87 bits per heavy atom. The molecule has 6 nitrogen and oxygen atoms in total. The third-order valence-electron chi connectivity index (χ3n) is 6.38. The number of rotatable bonds is 9. The fourth-order valence-corrected chi connectivity index (χ4v) is 4.57. The first-order chi connectivity index (χ1) is 15.2. The van der Waals surface area contributed by atoms with Gasteiger partial charge in [-0.3, -0.25) is 9.36 Å². The molecule has 1 saturated carbocycles. The van der Waals surface area contributed by atoms with Gasteiger partial charge in [-0.2, -0.15) is 4.98 Å². The van der Waals surface area contributed by atoms with Crippen LogP contribution in [0.2, 0.25) is 0 Å². The molecule has 0 unspecified atom stereocenters. The smallest absolute Gasteiger partial charge is 0.256 e. The van der Waals surface area contributed by atoms with E-state index in [0.717, 1.165) is 61.2 Å². The summed E-state index contributed by atoms with van der Waals surface area (Å²) in [5.74, 6) is 0.599. The number of likely N-dealkylation sites (N-methyl/N-ethyl adjacent to an activating group) is 1. The van der Waals surface area contributed by atoms with Gasteiger partial charge < -0.3 is 10.2 Å². The Labute approximate surface area is 184 Å². The number of benzene rings is 1. The minimum Gasteiger partial charge on any atom is -0.353 e. The zero-order valence-electron chi connectivity index (χ0n) is 18.7. The first-order valence-corrected chi connectivity index (χ1v) is 11.6. The van der Waals surface area contributed by atoms with E-state index in [1.165, 1.54) is 12.8 Å². The van der Waals surface area contributed by atoms with Crippen molar-refractivity contribution in [1.29, 1.82) is 0 Å². The van der Waals surface area contributed by atoms with E-state index in [2.05, 4.69) is 41.2 Å². The van der Waals surface area contributed by atoms with Crippen molar-refractivity contribution in [3.63, 3.8) is 0 Å². The molecule has 0 atom stereocenters. The molecule has 1 fully saturated rings. The fourth-order valence-electron chi connectivity index (χ4n) is 4.57. The lowest BCUT2D eigenvalue weighted by molar-refractivity contribution is 0.316. The molecule has 31 heavy (non-hydrogen) atoms. The van der Waals surface area contributed by atoms with Gasteiger partial charge in [-0.15, -0.1) is 0 Å². The molecule has 0 saturated heterocycles. The van der Waals surface area contributed by atoms with E-state index in [9.17, 15) is 4.79 Å². The van der Waals surface area contributed by atoms with Crippen LogP contribution in [-0.2, 0) is 6.42 Å². The topological polar surface area (TPSA) is 63.1 Å². The Bertz CT molecular complexity index is 1050. The van der Waals surface area contributed by atoms with E-state index in [-0.39, 0.29) is 11.6 Å². The molecule has 0 amide bonds. The quantitative estimate of drug-likeness (QED) is 0.562. The van der Waals surface area contributed by atoms with Gasteiger partial charge in [0.2, 0.25) is 5.95 Å². The lowest BCUT2D eigenvalue weighted by Gasteiger charge is -2.19. The maximum atomic E-state index is 13.5. The molecule has 164 valence electrons. The van der Waals surface area contributed by atoms with E-state index in [1.807, 2.05) is 35.0 Å². The fraction of sp³-hybridized carbons (Fsp3) is 0.480. The Hall–Kier alpha value is -2.73. The van der Waals surface area contributed by atoms with E-state index < -0.39 is 0 Å². The summed E-state index contributed by atoms with van der Waals surface area (Å²) >= 11 is 0. The second-order valence-corrected chi connectivity index (χ2v) is 8.37. The standard InChI is InChI=1S/C25H33N5O/c1-3-29(4-2)15-14-26-25-27-18-21-17-20(16-19-10-6-5-7-11-19)24(31)30(23(21)28-25)22-12-8-9-13-22/h5-7,10-11,17-18,22H,3-4,8-9,12-16H2,1-2H3,(H,26,27,28). The van der Waals surface area contributed by atoms with Crippen LogP contribution in [-0.4, -0.2) is 45.6 Å². The lowest BCUT2D eigenvalue weighted by atomic mass is 10.0. The SMILES string of the molecule is CCN(CC)CCNc1ncc2cc(Cc3ccccc3)c(=O)n(C3CCCC3)c2n1. The molecule has 0 bridgehead atoms. The van der Waals surface area contributed by atoms with Gasteiger partial charge in [0.25, 0.3) is 5.56 Å². The molecule has 2 heterocycles. The predicted molar refractivity (Wildman–Crippen MR) is 127 cm³/mol. The first kappa shape index (κ1) is 21.5. The van der Waals surface area contributed by atoms with Crippen molar-refractivity contribution in [3.05, 3.63) is 64.1 Å². The number of fused-ring (bicyclic) bond motifs is 1. The maximum absolute atomic E-state index is 13.5. The molecule has 3 aromatic rings. The summed E-state index contributed by atoms with van der Waals surface area (Å²) in [4.78, 5) is 25.2. The van der Waals surface area contributed by atoms with Gasteiger partial charge in [0.05, 0.1) is 0 Å². The second kappa shape index (κ2) is 10.1. The van der Waals surface area contributed by atoms with Crippen molar-refractivity contribution >= 4 is 17.0 Å². The van der Waals surface area contributed by atoms with Gasteiger partial charge in [-0.25, -0.2) is 4.98 Å². The highest BCUT2D eigenvalue weighted by Gasteiger charge is 2.22. The number of nitrogens with one attached hydrogen (secondary N) is 1. The van der Waals surface area contributed by atoms with E-state index in [0.29, 0.717) is 12.4 Å². The van der Waals surface area contributed by atoms with Crippen LogP contribution < -0.4 is 10.9 Å². The number of aromatic nitrogens is 3. The predicted octanol–water partition coefficient (Wildman–Crippen LogP) is 4.25. The zero-order chi connectivity index (χ0) is 21.6. The second-order valence-electron chi connectivity index (χ2n) is 8.37. The lowest BCUT2D eigenvalue weighted by Crippen LogP contribution is -2.29. The molecule has 0 radical (unpaired) electrons. The minimum atomic E-state index is 0.0936. The molecule has 1 aliphatic carbocycles. The minimum absolute atomic E-state index is 0.0936. The Kier molecular flexibility index (Phi) is 6.97. The zero-order valence-corrected chi connectivity index (χ0v) is 18.7. The third kappa shape index (κ3) is 4.96. The molecule has 0 spiro atoms. The number of nitrogens with zero attached hydrogens (tertiary/aromatic N) is 4. The Morgan fingerprint density at radius 3 is 2.58 bits per heavy atom. The normalized spacial score (nSPS) is 14.5. The summed E-state index contributed by atoms with van der Waals surface area (Å²) in [6, 6.07) is 12.4. The highest BCUT2D eigenvalue weighted by Crippen LogP contribution is 2.31. The van der Waals surface area contributed by atoms with Gasteiger partial charge in [-0.1, -0.05) is 57.0 Å². The maximum Gasteiger partial charge on any atom is 0.256 e. The highest BCUT2D eigenvalue weighted by atomic mass is 16.1. The third-order valence-corrected chi connectivity index (χ3v) is 6.38. The van der Waals surface area contributed by atoms with Crippen LogP contribution in [0.25, 0.3) is 11.0 Å². The van der Waals surface area contributed by atoms with Crippen molar-refractivity contribution < 1.29 is 0 Å². The van der Waals surface area contributed by atoms with Gasteiger partial charge in [0, 0.05) is 42.7 Å². The summed E-state index contributed by atoms with van der Waals surface area (Å²) in [6.45, 7) is 8.13. The van der Waals surface area contributed by atoms with Crippen molar-refractivity contribution in [3.8, 4) is 0 Å². The molecular formula is C25H33N5O. The largest absolute Gasteiger partial charge is 0.353 e. The van der Waals surface area contributed by atoms with Crippen molar-refractivity contribution in [2.75, 3.05) is 31.5 Å². The Morgan fingerprint density at radius 1 is 1.13 bits per heavy atom. The monoisotopic (exact) mass is 419 g/mol. The van der Waals surface area contributed by atoms with Gasteiger partial charge in [0.15, 0.2) is 0 Å². The summed E-state index contributed by atoms with van der Waals surface area (Å²) in [5.41, 5.74) is 2.81. The molecule has 2 aromatic heterocycles. The summed E-state index contributed by atoms with van der Waals surface area (Å²) in [6.07, 6.45) is 6.91. The molecule has 1 N–H and O–H groups in total. The van der Waals surface area contributed by atoms with Crippen molar-refractivity contribution in [2.45, 2.75) is 52.0 Å². The first-order valence-electron chi connectivity index (χ1n) is 11.6. The molecular weight excluding hydrogens is 386 g/mol.